The summed E-state index contributed by atoms with van der Waals surface area (Å²) in [6.07, 6.45) is 5.88. The van der Waals surface area contributed by atoms with Gasteiger partial charge in [-0.05, 0) is 61.2 Å². The fourth-order valence-corrected chi connectivity index (χ4v) is 5.60. The minimum atomic E-state index is -3.58. The number of hydrogen-bond acceptors (Lipinski definition) is 4. The van der Waals surface area contributed by atoms with Gasteiger partial charge in [0.15, 0.2) is 0 Å². The molecular formula is C25H31N3O3S. The van der Waals surface area contributed by atoms with Gasteiger partial charge in [0.25, 0.3) is 5.91 Å². The first-order valence-corrected chi connectivity index (χ1v) is 12.7. The monoisotopic (exact) mass is 453 g/mol. The molecule has 0 atom stereocenters. The zero-order valence-corrected chi connectivity index (χ0v) is 19.6. The summed E-state index contributed by atoms with van der Waals surface area (Å²) >= 11 is 0. The van der Waals surface area contributed by atoms with E-state index in [-0.39, 0.29) is 16.8 Å². The number of amides is 1. The van der Waals surface area contributed by atoms with Gasteiger partial charge in [0, 0.05) is 31.7 Å². The van der Waals surface area contributed by atoms with Crippen LogP contribution in [-0.2, 0) is 16.6 Å². The maximum atomic E-state index is 13.1. The van der Waals surface area contributed by atoms with Crippen LogP contribution in [0.25, 0.3) is 0 Å². The summed E-state index contributed by atoms with van der Waals surface area (Å²) < 4.78 is 27.6. The lowest BCUT2D eigenvalue weighted by Gasteiger charge is -2.30. The van der Waals surface area contributed by atoms with E-state index >= 15 is 0 Å². The largest absolute Gasteiger partial charge is 0.334 e. The van der Waals surface area contributed by atoms with Crippen molar-refractivity contribution in [2.45, 2.75) is 62.9 Å². The number of nitriles is 1. The summed E-state index contributed by atoms with van der Waals surface area (Å²) in [5.74, 6) is -0.138. The van der Waals surface area contributed by atoms with E-state index in [1.165, 1.54) is 16.4 Å². The molecule has 0 N–H and O–H groups in total. The minimum absolute atomic E-state index is 0.0440. The first-order chi connectivity index (χ1) is 15.4. The molecule has 0 aliphatic heterocycles. The van der Waals surface area contributed by atoms with Crippen molar-refractivity contribution in [2.24, 2.45) is 0 Å². The van der Waals surface area contributed by atoms with E-state index in [1.54, 1.807) is 36.2 Å². The summed E-state index contributed by atoms with van der Waals surface area (Å²) in [5.41, 5.74) is 1.99. The zero-order valence-electron chi connectivity index (χ0n) is 18.8. The lowest BCUT2D eigenvalue weighted by atomic mass is 9.96. The molecule has 1 fully saturated rings. The second kappa shape index (κ2) is 10.8. The molecule has 2 aromatic rings. The van der Waals surface area contributed by atoms with Gasteiger partial charge < -0.3 is 4.90 Å². The Morgan fingerprint density at radius 1 is 1.03 bits per heavy atom. The third-order valence-electron chi connectivity index (χ3n) is 6.10. The molecular weight excluding hydrogens is 422 g/mol. The molecule has 170 valence electrons. The zero-order chi connectivity index (χ0) is 23.1. The normalized spacial score (nSPS) is 14.8. The molecule has 3 rings (SSSR count). The predicted molar refractivity (Wildman–Crippen MR) is 124 cm³/mol. The van der Waals surface area contributed by atoms with Gasteiger partial charge in [-0.15, -0.1) is 0 Å². The van der Waals surface area contributed by atoms with Crippen LogP contribution in [0.3, 0.4) is 0 Å². The number of sulfonamides is 1. The van der Waals surface area contributed by atoms with Crippen molar-refractivity contribution in [3.63, 3.8) is 0 Å². The van der Waals surface area contributed by atoms with Crippen LogP contribution in [0, 0.1) is 11.3 Å². The van der Waals surface area contributed by atoms with Crippen molar-refractivity contribution < 1.29 is 13.2 Å². The van der Waals surface area contributed by atoms with Crippen molar-refractivity contribution in [3.8, 4) is 6.07 Å². The Morgan fingerprint density at radius 2 is 1.66 bits per heavy atom. The molecule has 0 radical (unpaired) electrons. The van der Waals surface area contributed by atoms with Crippen LogP contribution in [-0.4, -0.2) is 43.2 Å². The Labute approximate surface area is 191 Å². The fourth-order valence-electron chi connectivity index (χ4n) is 4.19. The second-order valence-electron chi connectivity index (χ2n) is 8.37. The Kier molecular flexibility index (Phi) is 8.05. The van der Waals surface area contributed by atoms with Gasteiger partial charge in [-0.2, -0.15) is 9.57 Å². The van der Waals surface area contributed by atoms with Crippen LogP contribution in [0.2, 0.25) is 0 Å². The van der Waals surface area contributed by atoms with Crippen LogP contribution in [0.1, 0.15) is 66.9 Å². The molecule has 0 bridgehead atoms. The highest BCUT2D eigenvalue weighted by atomic mass is 32.2. The SMILES string of the molecule is CCCN(Cc1ccc(C#N)cc1)C(=O)c1ccc(S(=O)(=O)N(C)C2CCCCC2)cc1. The molecule has 0 spiro atoms. The highest BCUT2D eigenvalue weighted by Crippen LogP contribution is 2.26. The minimum Gasteiger partial charge on any atom is -0.334 e. The predicted octanol–water partition coefficient (Wildman–Crippen LogP) is 4.56. The lowest BCUT2D eigenvalue weighted by molar-refractivity contribution is 0.0743. The van der Waals surface area contributed by atoms with Crippen molar-refractivity contribution in [2.75, 3.05) is 13.6 Å². The van der Waals surface area contributed by atoms with Gasteiger partial charge in [0.1, 0.15) is 0 Å². The summed E-state index contributed by atoms with van der Waals surface area (Å²) in [6.45, 7) is 3.03. The number of benzene rings is 2. The van der Waals surface area contributed by atoms with Gasteiger partial charge in [0.2, 0.25) is 10.0 Å². The quantitative estimate of drug-likeness (QED) is 0.587. The van der Waals surface area contributed by atoms with Crippen molar-refractivity contribution in [3.05, 3.63) is 65.2 Å². The van der Waals surface area contributed by atoms with Crippen molar-refractivity contribution >= 4 is 15.9 Å². The molecule has 1 aliphatic carbocycles. The van der Waals surface area contributed by atoms with E-state index in [0.29, 0.717) is 24.2 Å². The van der Waals surface area contributed by atoms with E-state index in [1.807, 2.05) is 19.1 Å². The summed E-state index contributed by atoms with van der Waals surface area (Å²) in [5, 5.41) is 8.96. The van der Waals surface area contributed by atoms with Crippen LogP contribution in [0.15, 0.2) is 53.4 Å². The van der Waals surface area contributed by atoms with Gasteiger partial charge in [-0.1, -0.05) is 38.3 Å². The third-order valence-corrected chi connectivity index (χ3v) is 8.03. The van der Waals surface area contributed by atoms with Crippen LogP contribution in [0.5, 0.6) is 0 Å². The summed E-state index contributed by atoms with van der Waals surface area (Å²) in [4.78, 5) is 15.1. The van der Waals surface area contributed by atoms with Gasteiger partial charge in [-0.3, -0.25) is 4.79 Å². The summed E-state index contributed by atoms with van der Waals surface area (Å²) in [6, 6.07) is 15.6. The van der Waals surface area contributed by atoms with Crippen molar-refractivity contribution in [1.29, 1.82) is 5.26 Å². The number of rotatable bonds is 8. The Bertz CT molecular complexity index is 1050. The van der Waals surface area contributed by atoms with Crippen LogP contribution in [0.4, 0.5) is 0 Å². The maximum Gasteiger partial charge on any atom is 0.254 e. The number of nitrogens with zero attached hydrogens (tertiary/aromatic N) is 3. The highest BCUT2D eigenvalue weighted by Gasteiger charge is 2.29. The van der Waals surface area contributed by atoms with E-state index in [0.717, 1.165) is 44.1 Å². The first-order valence-electron chi connectivity index (χ1n) is 11.2. The van der Waals surface area contributed by atoms with E-state index in [2.05, 4.69) is 6.07 Å². The van der Waals surface area contributed by atoms with Gasteiger partial charge >= 0.3 is 0 Å². The average Bonchev–Trinajstić information content (AvgIpc) is 2.84. The molecule has 0 saturated heterocycles. The van der Waals surface area contributed by atoms with Crippen LogP contribution < -0.4 is 0 Å². The molecule has 1 amide bonds. The Hall–Kier alpha value is -2.69. The molecule has 32 heavy (non-hydrogen) atoms. The Balaban J connectivity index is 1.74. The molecule has 0 heterocycles. The highest BCUT2D eigenvalue weighted by molar-refractivity contribution is 7.89. The maximum absolute atomic E-state index is 13.1. The molecule has 7 heteroatoms. The molecule has 1 aliphatic rings. The third kappa shape index (κ3) is 5.56. The number of carbonyl (C=O) groups is 1. The molecule has 6 nitrogen and oxygen atoms in total. The molecule has 0 aromatic heterocycles. The lowest BCUT2D eigenvalue weighted by Crippen LogP contribution is -2.38. The topological polar surface area (TPSA) is 81.5 Å². The number of hydrogen-bond donors (Lipinski definition) is 0. The fraction of sp³-hybridized carbons (Fsp3) is 0.440. The molecule has 0 unspecified atom stereocenters. The second-order valence-corrected chi connectivity index (χ2v) is 10.4. The molecule has 1 saturated carbocycles. The van der Waals surface area contributed by atoms with E-state index in [4.69, 9.17) is 5.26 Å². The average molecular weight is 454 g/mol. The van der Waals surface area contributed by atoms with E-state index < -0.39 is 10.0 Å². The smallest absolute Gasteiger partial charge is 0.254 e. The van der Waals surface area contributed by atoms with Crippen LogP contribution >= 0.6 is 0 Å². The van der Waals surface area contributed by atoms with E-state index in [9.17, 15) is 13.2 Å². The first kappa shape index (κ1) is 24.0. The Morgan fingerprint density at radius 3 is 2.22 bits per heavy atom. The standard InChI is InChI=1S/C25H31N3O3S/c1-3-17-28(19-21-11-9-20(18-26)10-12-21)25(29)22-13-15-24(16-14-22)32(30,31)27(2)23-7-5-4-6-8-23/h9-16,23H,3-8,17,19H2,1-2H3. The number of carbonyl (C=O) groups excluding carboxylic acids is 1. The summed E-state index contributed by atoms with van der Waals surface area (Å²) in [7, 11) is -1.93. The van der Waals surface area contributed by atoms with Gasteiger partial charge in [0.05, 0.1) is 16.5 Å². The van der Waals surface area contributed by atoms with Gasteiger partial charge in [-0.25, -0.2) is 8.42 Å². The molecule has 2 aromatic carbocycles. The van der Waals surface area contributed by atoms with Crippen molar-refractivity contribution in [1.82, 2.24) is 9.21 Å².